The van der Waals surface area contributed by atoms with Crippen LogP contribution in [-0.2, 0) is 11.3 Å². The van der Waals surface area contributed by atoms with Crippen molar-refractivity contribution >= 4 is 39.9 Å². The Morgan fingerprint density at radius 1 is 1.24 bits per heavy atom. The van der Waals surface area contributed by atoms with Gasteiger partial charge in [-0.05, 0) is 24.3 Å². The zero-order valence-electron chi connectivity index (χ0n) is 14.3. The molecule has 0 bridgehead atoms. The number of nitrogens with one attached hydrogen (secondary N) is 1. The molecule has 0 aliphatic heterocycles. The number of furan rings is 1. The number of hydrogen-bond donors (Lipinski definition) is 1. The molecule has 0 aliphatic carbocycles. The normalized spacial score (nSPS) is 10.9. The van der Waals surface area contributed by atoms with E-state index >= 15 is 0 Å². The lowest BCUT2D eigenvalue weighted by Gasteiger charge is -2.18. The molecule has 0 fully saturated rings. The van der Waals surface area contributed by atoms with Gasteiger partial charge in [-0.15, -0.1) is 0 Å². The number of halogens is 1. The van der Waals surface area contributed by atoms with Crippen molar-refractivity contribution < 1.29 is 13.9 Å². The fraction of sp³-hybridized carbons (Fsp3) is 0.211. The standard InChI is InChI=1S/C19H19ClN2O3/c1-22(2)16-9-8-12(20)10-15(16)21-19(23)18-14(11-24-3)13-6-4-5-7-17(13)25-18/h4-10H,11H2,1-3H3,(H,21,23). The van der Waals surface area contributed by atoms with E-state index in [-0.39, 0.29) is 18.3 Å². The van der Waals surface area contributed by atoms with Gasteiger partial charge in [-0.2, -0.15) is 0 Å². The molecule has 1 heterocycles. The van der Waals surface area contributed by atoms with E-state index in [1.807, 2.05) is 49.3 Å². The number of rotatable bonds is 5. The first-order valence-corrected chi connectivity index (χ1v) is 8.16. The largest absolute Gasteiger partial charge is 0.451 e. The van der Waals surface area contributed by atoms with E-state index in [9.17, 15) is 4.79 Å². The van der Waals surface area contributed by atoms with Crippen LogP contribution in [0.15, 0.2) is 46.9 Å². The number of carbonyl (C=O) groups excluding carboxylic acids is 1. The number of ether oxygens (including phenoxy) is 1. The first-order valence-electron chi connectivity index (χ1n) is 7.79. The topological polar surface area (TPSA) is 54.7 Å². The summed E-state index contributed by atoms with van der Waals surface area (Å²) >= 11 is 6.08. The van der Waals surface area contributed by atoms with Crippen LogP contribution in [0.4, 0.5) is 11.4 Å². The van der Waals surface area contributed by atoms with E-state index in [2.05, 4.69) is 5.32 Å². The highest BCUT2D eigenvalue weighted by Crippen LogP contribution is 2.31. The summed E-state index contributed by atoms with van der Waals surface area (Å²) in [6, 6.07) is 12.9. The number of fused-ring (bicyclic) bond motifs is 1. The average molecular weight is 359 g/mol. The summed E-state index contributed by atoms with van der Waals surface area (Å²) in [5.41, 5.74) is 2.84. The number of methoxy groups -OCH3 is 1. The van der Waals surface area contributed by atoms with Crippen molar-refractivity contribution in [3.05, 3.63) is 58.8 Å². The third-order valence-corrected chi connectivity index (χ3v) is 4.12. The van der Waals surface area contributed by atoms with Crippen LogP contribution in [0.1, 0.15) is 16.1 Å². The van der Waals surface area contributed by atoms with Gasteiger partial charge in [0, 0.05) is 37.2 Å². The van der Waals surface area contributed by atoms with Crippen LogP contribution in [0.3, 0.4) is 0 Å². The molecular weight excluding hydrogens is 340 g/mol. The highest BCUT2D eigenvalue weighted by atomic mass is 35.5. The molecule has 1 aromatic heterocycles. The van der Waals surface area contributed by atoms with E-state index in [1.165, 1.54) is 0 Å². The smallest absolute Gasteiger partial charge is 0.291 e. The second kappa shape index (κ2) is 7.17. The number of amides is 1. The Hall–Kier alpha value is -2.50. The number of hydrogen-bond acceptors (Lipinski definition) is 4. The molecule has 130 valence electrons. The average Bonchev–Trinajstić information content (AvgIpc) is 2.94. The van der Waals surface area contributed by atoms with Crippen LogP contribution in [0.5, 0.6) is 0 Å². The zero-order chi connectivity index (χ0) is 18.0. The van der Waals surface area contributed by atoms with Crippen molar-refractivity contribution in [2.24, 2.45) is 0 Å². The molecule has 1 amide bonds. The number of anilines is 2. The summed E-state index contributed by atoms with van der Waals surface area (Å²) < 4.78 is 11.0. The maximum absolute atomic E-state index is 12.8. The van der Waals surface area contributed by atoms with Gasteiger partial charge in [0.1, 0.15) is 5.58 Å². The summed E-state index contributed by atoms with van der Waals surface area (Å²) in [7, 11) is 5.39. The van der Waals surface area contributed by atoms with Crippen molar-refractivity contribution in [1.82, 2.24) is 0 Å². The molecular formula is C19H19ClN2O3. The quantitative estimate of drug-likeness (QED) is 0.727. The first kappa shape index (κ1) is 17.3. The Kier molecular flexibility index (Phi) is 4.97. The fourth-order valence-electron chi connectivity index (χ4n) is 2.75. The highest BCUT2D eigenvalue weighted by molar-refractivity contribution is 6.31. The Morgan fingerprint density at radius 3 is 2.72 bits per heavy atom. The monoisotopic (exact) mass is 358 g/mol. The van der Waals surface area contributed by atoms with Crippen LogP contribution in [0.25, 0.3) is 11.0 Å². The van der Waals surface area contributed by atoms with Crippen LogP contribution in [0.2, 0.25) is 5.02 Å². The van der Waals surface area contributed by atoms with Crippen molar-refractivity contribution in [3.63, 3.8) is 0 Å². The zero-order valence-corrected chi connectivity index (χ0v) is 15.1. The molecule has 3 rings (SSSR count). The molecule has 0 aliphatic rings. The predicted molar refractivity (Wildman–Crippen MR) is 101 cm³/mol. The van der Waals surface area contributed by atoms with E-state index in [0.29, 0.717) is 16.3 Å². The van der Waals surface area contributed by atoms with Gasteiger partial charge in [-0.3, -0.25) is 4.79 Å². The number of nitrogens with zero attached hydrogens (tertiary/aromatic N) is 1. The van der Waals surface area contributed by atoms with Crippen molar-refractivity contribution in [1.29, 1.82) is 0 Å². The minimum atomic E-state index is -0.339. The summed E-state index contributed by atoms with van der Waals surface area (Å²) in [5, 5.41) is 4.31. The van der Waals surface area contributed by atoms with Crippen molar-refractivity contribution in [3.8, 4) is 0 Å². The fourth-order valence-corrected chi connectivity index (χ4v) is 2.92. The molecule has 25 heavy (non-hydrogen) atoms. The van der Waals surface area contributed by atoms with E-state index in [4.69, 9.17) is 20.8 Å². The number of carbonyl (C=O) groups is 1. The maximum Gasteiger partial charge on any atom is 0.291 e. The van der Waals surface area contributed by atoms with Gasteiger partial charge >= 0.3 is 0 Å². The van der Waals surface area contributed by atoms with Gasteiger partial charge in [0.05, 0.1) is 18.0 Å². The van der Waals surface area contributed by atoms with Gasteiger partial charge < -0.3 is 19.4 Å². The molecule has 0 atom stereocenters. The van der Waals surface area contributed by atoms with Crippen molar-refractivity contribution in [2.75, 3.05) is 31.4 Å². The molecule has 0 radical (unpaired) electrons. The molecule has 3 aromatic rings. The molecule has 0 saturated carbocycles. The van der Waals surface area contributed by atoms with Crippen LogP contribution < -0.4 is 10.2 Å². The minimum absolute atomic E-state index is 0.243. The lowest BCUT2D eigenvalue weighted by molar-refractivity contribution is 0.0992. The summed E-state index contributed by atoms with van der Waals surface area (Å²) in [6.07, 6.45) is 0. The van der Waals surface area contributed by atoms with E-state index in [0.717, 1.165) is 16.6 Å². The Balaban J connectivity index is 2.01. The van der Waals surface area contributed by atoms with Crippen LogP contribution in [-0.4, -0.2) is 27.1 Å². The second-order valence-electron chi connectivity index (χ2n) is 5.85. The van der Waals surface area contributed by atoms with E-state index in [1.54, 1.807) is 19.2 Å². The van der Waals surface area contributed by atoms with Gasteiger partial charge in [-0.25, -0.2) is 0 Å². The van der Waals surface area contributed by atoms with Gasteiger partial charge in [-0.1, -0.05) is 29.8 Å². The number of para-hydroxylation sites is 1. The summed E-state index contributed by atoms with van der Waals surface area (Å²) in [4.78, 5) is 14.7. The third-order valence-electron chi connectivity index (χ3n) is 3.88. The van der Waals surface area contributed by atoms with Gasteiger partial charge in [0.2, 0.25) is 0 Å². The molecule has 2 aromatic carbocycles. The lowest BCUT2D eigenvalue weighted by atomic mass is 10.1. The lowest BCUT2D eigenvalue weighted by Crippen LogP contribution is -2.17. The predicted octanol–water partition coefficient (Wildman–Crippen LogP) is 4.55. The minimum Gasteiger partial charge on any atom is -0.451 e. The Morgan fingerprint density at radius 2 is 2.00 bits per heavy atom. The maximum atomic E-state index is 12.8. The molecule has 6 heteroatoms. The third kappa shape index (κ3) is 3.48. The number of benzene rings is 2. The van der Waals surface area contributed by atoms with E-state index < -0.39 is 0 Å². The van der Waals surface area contributed by atoms with Crippen LogP contribution >= 0.6 is 11.6 Å². The molecule has 0 saturated heterocycles. The summed E-state index contributed by atoms with van der Waals surface area (Å²) in [5.74, 6) is -0.0960. The SMILES string of the molecule is COCc1c(C(=O)Nc2cc(Cl)ccc2N(C)C)oc2ccccc12. The van der Waals surface area contributed by atoms with Gasteiger partial charge in [0.15, 0.2) is 5.76 Å². The highest BCUT2D eigenvalue weighted by Gasteiger charge is 2.21. The van der Waals surface area contributed by atoms with Crippen molar-refractivity contribution in [2.45, 2.75) is 6.61 Å². The molecule has 0 unspecified atom stereocenters. The molecule has 5 nitrogen and oxygen atoms in total. The first-order chi connectivity index (χ1) is 12.0. The second-order valence-corrected chi connectivity index (χ2v) is 6.29. The van der Waals surface area contributed by atoms with Crippen LogP contribution in [0, 0.1) is 0 Å². The summed E-state index contributed by atoms with van der Waals surface area (Å²) in [6.45, 7) is 0.288. The Bertz CT molecular complexity index is 918. The Labute approximate surface area is 151 Å². The van der Waals surface area contributed by atoms with Gasteiger partial charge in [0.25, 0.3) is 5.91 Å². The molecule has 0 spiro atoms. The molecule has 1 N–H and O–H groups in total.